The van der Waals surface area contributed by atoms with Crippen LogP contribution in [0.3, 0.4) is 0 Å². The van der Waals surface area contributed by atoms with Gasteiger partial charge < -0.3 is 20.5 Å². The van der Waals surface area contributed by atoms with Crippen molar-refractivity contribution in [3.8, 4) is 11.6 Å². The summed E-state index contributed by atoms with van der Waals surface area (Å²) in [4.78, 5) is 27.5. The molecule has 3 rings (SSSR count). The number of fused-ring (bicyclic) bond motifs is 1. The Morgan fingerprint density at radius 3 is 2.88 bits per heavy atom. The van der Waals surface area contributed by atoms with E-state index < -0.39 is 23.5 Å². The fraction of sp³-hybridized carbons (Fsp3) is 0.389. The predicted molar refractivity (Wildman–Crippen MR) is 93.0 cm³/mol. The standard InChI is InChI=1S/C18H20FN3O4/c1-3-18(19)8-11(22-17(18)24)9-26-16-12-7-14(25-2)13(15(20)23)6-10(12)4-5-21-16/h4-7,11H,3,8-9H2,1-2H3,(H2,20,23)(H,22,24)/t11?,18-/m1/s1. The molecule has 1 aliphatic rings. The molecular weight excluding hydrogens is 341 g/mol. The van der Waals surface area contributed by atoms with Crippen molar-refractivity contribution >= 4 is 22.6 Å². The molecule has 1 fully saturated rings. The molecule has 0 aliphatic carbocycles. The number of aromatic nitrogens is 1. The zero-order valence-corrected chi connectivity index (χ0v) is 14.5. The number of carbonyl (C=O) groups is 2. The minimum atomic E-state index is -1.85. The number of methoxy groups -OCH3 is 1. The van der Waals surface area contributed by atoms with Crippen molar-refractivity contribution in [3.63, 3.8) is 0 Å². The maximum atomic E-state index is 14.3. The van der Waals surface area contributed by atoms with E-state index >= 15 is 0 Å². The second-order valence-electron chi connectivity index (χ2n) is 6.26. The molecule has 1 saturated heterocycles. The summed E-state index contributed by atoms with van der Waals surface area (Å²) < 4.78 is 25.3. The molecule has 1 aliphatic heterocycles. The van der Waals surface area contributed by atoms with Gasteiger partial charge in [-0.25, -0.2) is 9.37 Å². The van der Waals surface area contributed by atoms with Crippen molar-refractivity contribution < 1.29 is 23.5 Å². The van der Waals surface area contributed by atoms with E-state index in [0.717, 1.165) is 0 Å². The van der Waals surface area contributed by atoms with Gasteiger partial charge in [-0.15, -0.1) is 0 Å². The molecule has 2 heterocycles. The van der Waals surface area contributed by atoms with Gasteiger partial charge >= 0.3 is 0 Å². The van der Waals surface area contributed by atoms with Gasteiger partial charge in [-0.2, -0.15) is 0 Å². The Morgan fingerprint density at radius 2 is 2.27 bits per heavy atom. The van der Waals surface area contributed by atoms with E-state index in [0.29, 0.717) is 22.4 Å². The van der Waals surface area contributed by atoms with Crippen LogP contribution in [0.4, 0.5) is 4.39 Å². The molecule has 0 radical (unpaired) electrons. The highest BCUT2D eigenvalue weighted by Gasteiger charge is 2.46. The number of alkyl halides is 1. The van der Waals surface area contributed by atoms with Crippen molar-refractivity contribution in [2.45, 2.75) is 31.5 Å². The van der Waals surface area contributed by atoms with Crippen molar-refractivity contribution in [3.05, 3.63) is 30.0 Å². The number of carbonyl (C=O) groups excluding carboxylic acids is 2. The molecule has 0 saturated carbocycles. The van der Waals surface area contributed by atoms with Crippen LogP contribution in [0.1, 0.15) is 30.1 Å². The first kappa shape index (κ1) is 17.9. The Bertz CT molecular complexity index is 873. The highest BCUT2D eigenvalue weighted by molar-refractivity contribution is 6.01. The maximum absolute atomic E-state index is 14.3. The van der Waals surface area contributed by atoms with E-state index in [2.05, 4.69) is 10.3 Å². The molecule has 1 aromatic carbocycles. The van der Waals surface area contributed by atoms with Crippen LogP contribution in [0.2, 0.25) is 0 Å². The summed E-state index contributed by atoms with van der Waals surface area (Å²) in [6.45, 7) is 1.72. The summed E-state index contributed by atoms with van der Waals surface area (Å²) in [5.41, 5.74) is 3.78. The molecule has 3 N–H and O–H groups in total. The Labute approximate surface area is 149 Å². The third-order valence-electron chi connectivity index (χ3n) is 4.61. The zero-order valence-electron chi connectivity index (χ0n) is 14.5. The Morgan fingerprint density at radius 1 is 1.50 bits per heavy atom. The van der Waals surface area contributed by atoms with Crippen LogP contribution < -0.4 is 20.5 Å². The first-order chi connectivity index (χ1) is 12.4. The number of nitrogens with zero attached hydrogens (tertiary/aromatic N) is 1. The number of pyridine rings is 1. The van der Waals surface area contributed by atoms with Gasteiger partial charge in [0.05, 0.1) is 18.7 Å². The van der Waals surface area contributed by atoms with Crippen LogP contribution in [0, 0.1) is 0 Å². The summed E-state index contributed by atoms with van der Waals surface area (Å²) >= 11 is 0. The smallest absolute Gasteiger partial charge is 0.258 e. The molecule has 26 heavy (non-hydrogen) atoms. The Kier molecular flexibility index (Phi) is 4.67. The lowest BCUT2D eigenvalue weighted by Gasteiger charge is -2.15. The van der Waals surface area contributed by atoms with Gasteiger partial charge in [0.15, 0.2) is 5.67 Å². The molecule has 2 amide bonds. The summed E-state index contributed by atoms with van der Waals surface area (Å²) in [6.07, 6.45) is 1.71. The third kappa shape index (κ3) is 3.14. The average molecular weight is 361 g/mol. The van der Waals surface area contributed by atoms with E-state index in [1.54, 1.807) is 25.1 Å². The minimum Gasteiger partial charge on any atom is -0.496 e. The number of rotatable bonds is 6. The number of hydrogen-bond acceptors (Lipinski definition) is 5. The first-order valence-corrected chi connectivity index (χ1v) is 8.27. The monoisotopic (exact) mass is 361 g/mol. The molecule has 138 valence electrons. The average Bonchev–Trinajstić information content (AvgIpc) is 2.93. The van der Waals surface area contributed by atoms with Gasteiger partial charge in [0.25, 0.3) is 11.8 Å². The largest absolute Gasteiger partial charge is 0.496 e. The lowest BCUT2D eigenvalue weighted by molar-refractivity contribution is -0.129. The number of primary amides is 1. The molecule has 2 aromatic rings. The summed E-state index contributed by atoms with van der Waals surface area (Å²) in [5.74, 6) is -0.590. The maximum Gasteiger partial charge on any atom is 0.258 e. The van der Waals surface area contributed by atoms with Gasteiger partial charge in [-0.05, 0) is 30.0 Å². The molecule has 7 nitrogen and oxygen atoms in total. The van der Waals surface area contributed by atoms with Gasteiger partial charge in [0, 0.05) is 18.0 Å². The highest BCUT2D eigenvalue weighted by atomic mass is 19.1. The highest BCUT2D eigenvalue weighted by Crippen LogP contribution is 2.32. The number of ether oxygens (including phenoxy) is 2. The molecule has 8 heteroatoms. The zero-order chi connectivity index (χ0) is 18.9. The van der Waals surface area contributed by atoms with Crippen molar-refractivity contribution in [1.29, 1.82) is 0 Å². The second kappa shape index (κ2) is 6.78. The molecule has 1 aromatic heterocycles. The fourth-order valence-corrected chi connectivity index (χ4v) is 3.08. The predicted octanol–water partition coefficient (Wildman–Crippen LogP) is 1.73. The number of nitrogens with two attached hydrogens (primary N) is 1. The van der Waals surface area contributed by atoms with Crippen LogP contribution in [0.15, 0.2) is 24.4 Å². The number of benzene rings is 1. The van der Waals surface area contributed by atoms with Gasteiger partial charge in [0.2, 0.25) is 5.88 Å². The van der Waals surface area contributed by atoms with Gasteiger partial charge in [-0.1, -0.05) is 6.92 Å². The lowest BCUT2D eigenvalue weighted by atomic mass is 9.99. The fourth-order valence-electron chi connectivity index (χ4n) is 3.08. The van der Waals surface area contributed by atoms with E-state index in [9.17, 15) is 14.0 Å². The van der Waals surface area contributed by atoms with Crippen LogP contribution in [0.5, 0.6) is 11.6 Å². The lowest BCUT2D eigenvalue weighted by Crippen LogP contribution is -2.34. The summed E-state index contributed by atoms with van der Waals surface area (Å²) in [7, 11) is 1.43. The number of hydrogen-bond donors (Lipinski definition) is 2. The van der Waals surface area contributed by atoms with Crippen molar-refractivity contribution in [1.82, 2.24) is 10.3 Å². The topological polar surface area (TPSA) is 104 Å². The minimum absolute atomic E-state index is 0.0578. The quantitative estimate of drug-likeness (QED) is 0.815. The normalized spacial score (nSPS) is 22.3. The number of nitrogens with one attached hydrogen (secondary N) is 1. The molecule has 0 spiro atoms. The van der Waals surface area contributed by atoms with Crippen LogP contribution in [-0.2, 0) is 4.79 Å². The molecular formula is C18H20FN3O4. The molecule has 1 unspecified atom stereocenters. The molecule has 0 bridgehead atoms. The van der Waals surface area contributed by atoms with E-state index in [1.807, 2.05) is 0 Å². The van der Waals surface area contributed by atoms with Crippen LogP contribution in [0.25, 0.3) is 10.8 Å². The SMILES string of the molecule is CC[C@@]1(F)CC(COc2nccc3cc(C(N)=O)c(OC)cc23)NC1=O. The van der Waals surface area contributed by atoms with E-state index in [4.69, 9.17) is 15.2 Å². The van der Waals surface area contributed by atoms with Gasteiger partial charge in [-0.3, -0.25) is 9.59 Å². The Hall–Kier alpha value is -2.90. The summed E-state index contributed by atoms with van der Waals surface area (Å²) in [6, 6.07) is 4.51. The van der Waals surface area contributed by atoms with Crippen LogP contribution >= 0.6 is 0 Å². The molecule has 2 atom stereocenters. The summed E-state index contributed by atoms with van der Waals surface area (Å²) in [5, 5.41) is 3.94. The van der Waals surface area contributed by atoms with Crippen molar-refractivity contribution in [2.75, 3.05) is 13.7 Å². The Balaban J connectivity index is 1.85. The number of halogens is 1. The first-order valence-electron chi connectivity index (χ1n) is 8.27. The number of amides is 2. The van der Waals surface area contributed by atoms with Crippen molar-refractivity contribution in [2.24, 2.45) is 5.73 Å². The third-order valence-corrected chi connectivity index (χ3v) is 4.61. The van der Waals surface area contributed by atoms with Gasteiger partial charge in [0.1, 0.15) is 12.4 Å². The van der Waals surface area contributed by atoms with E-state index in [-0.39, 0.29) is 25.0 Å². The van der Waals surface area contributed by atoms with Crippen LogP contribution in [-0.4, -0.2) is 42.2 Å². The van der Waals surface area contributed by atoms with E-state index in [1.165, 1.54) is 13.3 Å². The second-order valence-corrected chi connectivity index (χ2v) is 6.26.